The summed E-state index contributed by atoms with van der Waals surface area (Å²) >= 11 is 0. The predicted molar refractivity (Wildman–Crippen MR) is 72.4 cm³/mol. The minimum absolute atomic E-state index is 0. The summed E-state index contributed by atoms with van der Waals surface area (Å²) in [7, 11) is 0. The summed E-state index contributed by atoms with van der Waals surface area (Å²) in [4.78, 5) is 12.2. The van der Waals surface area contributed by atoms with Crippen molar-refractivity contribution in [3.63, 3.8) is 0 Å². The van der Waals surface area contributed by atoms with E-state index in [-0.39, 0.29) is 23.9 Å². The average molecular weight is 261 g/mol. The van der Waals surface area contributed by atoms with Gasteiger partial charge in [-0.15, -0.1) is 12.4 Å². The molecule has 17 heavy (non-hydrogen) atoms. The molecule has 3 nitrogen and oxygen atoms in total. The molecule has 0 aromatic carbocycles. The van der Waals surface area contributed by atoms with Gasteiger partial charge in [0.25, 0.3) is 0 Å². The number of amides is 1. The molecule has 1 aliphatic heterocycles. The van der Waals surface area contributed by atoms with Gasteiger partial charge in [-0.25, -0.2) is 0 Å². The Morgan fingerprint density at radius 3 is 2.53 bits per heavy atom. The summed E-state index contributed by atoms with van der Waals surface area (Å²) in [5.41, 5.74) is 0.189. The molecule has 2 rings (SSSR count). The van der Waals surface area contributed by atoms with Crippen LogP contribution in [0.3, 0.4) is 0 Å². The number of halogens is 1. The maximum atomic E-state index is 12.2. The lowest BCUT2D eigenvalue weighted by Crippen LogP contribution is -2.53. The number of rotatable bonds is 4. The van der Waals surface area contributed by atoms with E-state index in [1.54, 1.807) is 0 Å². The fourth-order valence-corrected chi connectivity index (χ4v) is 2.77. The molecule has 0 radical (unpaired) electrons. The topological polar surface area (TPSA) is 41.1 Å². The normalized spacial score (nSPS) is 33.9. The van der Waals surface area contributed by atoms with E-state index >= 15 is 0 Å². The van der Waals surface area contributed by atoms with Crippen molar-refractivity contribution in [2.45, 2.75) is 52.0 Å². The maximum absolute atomic E-state index is 12.2. The maximum Gasteiger partial charge on any atom is 0.240 e. The number of carbonyl (C=O) groups is 1. The van der Waals surface area contributed by atoms with E-state index in [0.29, 0.717) is 11.3 Å². The molecule has 0 aromatic rings. The highest BCUT2D eigenvalue weighted by atomic mass is 35.5. The number of hydrogen-bond acceptors (Lipinski definition) is 2. The van der Waals surface area contributed by atoms with E-state index < -0.39 is 0 Å². The van der Waals surface area contributed by atoms with Crippen LogP contribution in [-0.4, -0.2) is 24.5 Å². The van der Waals surface area contributed by atoms with Gasteiger partial charge in [0.05, 0.1) is 5.54 Å². The first-order valence-corrected chi connectivity index (χ1v) is 6.53. The molecule has 1 heterocycles. The standard InChI is InChI=1S/C13H24N2O.ClH/c1-4-13(6-5-7-15-13)11(16)14-9-10-8-12(10,2)3;/h10,15H,4-9H2,1-3H3,(H,14,16);1H. The van der Waals surface area contributed by atoms with Gasteiger partial charge in [0.1, 0.15) is 0 Å². The van der Waals surface area contributed by atoms with Gasteiger partial charge in [0.2, 0.25) is 5.91 Å². The Bertz CT molecular complexity index is 285. The number of carbonyl (C=O) groups excluding carboxylic acids is 1. The van der Waals surface area contributed by atoms with Gasteiger partial charge < -0.3 is 10.6 Å². The molecule has 1 saturated carbocycles. The van der Waals surface area contributed by atoms with Gasteiger partial charge in [-0.05, 0) is 43.6 Å². The van der Waals surface area contributed by atoms with Gasteiger partial charge in [0, 0.05) is 6.54 Å². The lowest BCUT2D eigenvalue weighted by molar-refractivity contribution is -0.127. The summed E-state index contributed by atoms with van der Waals surface area (Å²) in [6.07, 6.45) is 4.26. The highest BCUT2D eigenvalue weighted by molar-refractivity contribution is 5.86. The molecule has 2 unspecified atom stereocenters. The van der Waals surface area contributed by atoms with Crippen molar-refractivity contribution in [3.8, 4) is 0 Å². The van der Waals surface area contributed by atoms with Crippen molar-refractivity contribution in [1.29, 1.82) is 0 Å². The summed E-state index contributed by atoms with van der Waals surface area (Å²) < 4.78 is 0. The Morgan fingerprint density at radius 2 is 2.12 bits per heavy atom. The van der Waals surface area contributed by atoms with Crippen LogP contribution in [0.5, 0.6) is 0 Å². The second-order valence-corrected chi connectivity index (χ2v) is 6.07. The second-order valence-electron chi connectivity index (χ2n) is 6.07. The molecule has 100 valence electrons. The van der Waals surface area contributed by atoms with Crippen molar-refractivity contribution < 1.29 is 4.79 Å². The van der Waals surface area contributed by atoms with E-state index in [1.807, 2.05) is 0 Å². The fourth-order valence-electron chi connectivity index (χ4n) is 2.77. The van der Waals surface area contributed by atoms with Crippen LogP contribution in [0.25, 0.3) is 0 Å². The molecule has 0 spiro atoms. The third-order valence-electron chi connectivity index (χ3n) is 4.51. The van der Waals surface area contributed by atoms with Crippen molar-refractivity contribution in [3.05, 3.63) is 0 Å². The van der Waals surface area contributed by atoms with Crippen molar-refractivity contribution in [2.24, 2.45) is 11.3 Å². The lowest BCUT2D eigenvalue weighted by Gasteiger charge is -2.26. The third-order valence-corrected chi connectivity index (χ3v) is 4.51. The van der Waals surface area contributed by atoms with Gasteiger partial charge in [-0.2, -0.15) is 0 Å². The summed E-state index contributed by atoms with van der Waals surface area (Å²) in [6, 6.07) is 0. The van der Waals surface area contributed by atoms with Gasteiger partial charge >= 0.3 is 0 Å². The molecule has 2 atom stereocenters. The predicted octanol–water partition coefficient (Wildman–Crippen LogP) is 2.10. The number of hydrogen-bond donors (Lipinski definition) is 2. The Morgan fingerprint density at radius 1 is 1.47 bits per heavy atom. The van der Waals surface area contributed by atoms with Crippen LogP contribution in [0.4, 0.5) is 0 Å². The van der Waals surface area contributed by atoms with Crippen molar-refractivity contribution in [1.82, 2.24) is 10.6 Å². The van der Waals surface area contributed by atoms with Gasteiger partial charge in [-0.3, -0.25) is 4.79 Å². The Balaban J connectivity index is 0.00000144. The highest BCUT2D eigenvalue weighted by Crippen LogP contribution is 2.51. The minimum Gasteiger partial charge on any atom is -0.354 e. The number of nitrogens with one attached hydrogen (secondary N) is 2. The van der Waals surface area contributed by atoms with Gasteiger partial charge in [-0.1, -0.05) is 20.8 Å². The minimum atomic E-state index is -0.265. The molecular weight excluding hydrogens is 236 g/mol. The lowest BCUT2D eigenvalue weighted by atomic mass is 9.93. The van der Waals surface area contributed by atoms with Crippen LogP contribution in [-0.2, 0) is 4.79 Å². The highest BCUT2D eigenvalue weighted by Gasteiger charge is 2.46. The Labute approximate surface area is 111 Å². The molecule has 2 aliphatic rings. The molecule has 1 aliphatic carbocycles. The van der Waals surface area contributed by atoms with Crippen molar-refractivity contribution in [2.75, 3.05) is 13.1 Å². The van der Waals surface area contributed by atoms with Gasteiger partial charge in [0.15, 0.2) is 0 Å². The van der Waals surface area contributed by atoms with Crippen molar-refractivity contribution >= 4 is 18.3 Å². The van der Waals surface area contributed by atoms with Crippen LogP contribution in [0.1, 0.15) is 46.5 Å². The first-order valence-electron chi connectivity index (χ1n) is 6.53. The first kappa shape index (κ1) is 14.8. The molecule has 2 N–H and O–H groups in total. The SMILES string of the molecule is CCC1(C(=O)NCC2CC2(C)C)CCCN1.Cl. The zero-order valence-corrected chi connectivity index (χ0v) is 12.0. The zero-order chi connectivity index (χ0) is 11.8. The Hall–Kier alpha value is -0.280. The molecule has 4 heteroatoms. The zero-order valence-electron chi connectivity index (χ0n) is 11.1. The fraction of sp³-hybridized carbons (Fsp3) is 0.923. The molecule has 1 saturated heterocycles. The van der Waals surface area contributed by atoms with Crippen LogP contribution in [0, 0.1) is 11.3 Å². The van der Waals surface area contributed by atoms with Crippen LogP contribution in [0.15, 0.2) is 0 Å². The summed E-state index contributed by atoms with van der Waals surface area (Å²) in [5.74, 6) is 0.905. The quantitative estimate of drug-likeness (QED) is 0.813. The third kappa shape index (κ3) is 2.94. The van der Waals surface area contributed by atoms with E-state index in [2.05, 4.69) is 31.4 Å². The Kier molecular flexibility index (Phi) is 4.48. The van der Waals surface area contributed by atoms with Crippen LogP contribution >= 0.6 is 12.4 Å². The smallest absolute Gasteiger partial charge is 0.240 e. The molecule has 2 fully saturated rings. The molecular formula is C13H25ClN2O. The monoisotopic (exact) mass is 260 g/mol. The summed E-state index contributed by atoms with van der Waals surface area (Å²) in [5, 5.41) is 6.50. The van der Waals surface area contributed by atoms with E-state index in [4.69, 9.17) is 0 Å². The largest absolute Gasteiger partial charge is 0.354 e. The van der Waals surface area contributed by atoms with E-state index in [9.17, 15) is 4.79 Å². The van der Waals surface area contributed by atoms with Crippen LogP contribution in [0.2, 0.25) is 0 Å². The van der Waals surface area contributed by atoms with E-state index in [0.717, 1.165) is 32.4 Å². The summed E-state index contributed by atoms with van der Waals surface area (Å²) in [6.45, 7) is 8.48. The first-order chi connectivity index (χ1) is 7.50. The molecule has 1 amide bonds. The van der Waals surface area contributed by atoms with Crippen LogP contribution < -0.4 is 10.6 Å². The van der Waals surface area contributed by atoms with E-state index in [1.165, 1.54) is 6.42 Å². The second kappa shape index (κ2) is 5.15. The molecule has 0 bridgehead atoms. The molecule has 0 aromatic heterocycles. The average Bonchev–Trinajstić information content (AvgIpc) is 2.70.